The number of amides is 2. The van der Waals surface area contributed by atoms with Crippen molar-refractivity contribution in [3.8, 4) is 5.75 Å². The van der Waals surface area contributed by atoms with E-state index in [2.05, 4.69) is 5.32 Å². The minimum atomic E-state index is -3.62. The van der Waals surface area contributed by atoms with Crippen LogP contribution in [0.15, 0.2) is 48.5 Å². The van der Waals surface area contributed by atoms with E-state index in [1.165, 1.54) is 17.5 Å². The molecule has 0 unspecified atom stereocenters. The van der Waals surface area contributed by atoms with Crippen molar-refractivity contribution in [2.45, 2.75) is 58.5 Å². The van der Waals surface area contributed by atoms with E-state index in [4.69, 9.17) is 16.3 Å². The van der Waals surface area contributed by atoms with Gasteiger partial charge in [0.25, 0.3) is 0 Å². The molecular formula is C27H38ClN3O5S. The Morgan fingerprint density at radius 1 is 1.08 bits per heavy atom. The lowest BCUT2D eigenvalue weighted by molar-refractivity contribution is -0.140. The van der Waals surface area contributed by atoms with Gasteiger partial charge in [-0.1, -0.05) is 48.9 Å². The number of rotatable bonds is 14. The Balaban J connectivity index is 2.14. The number of methoxy groups -OCH3 is 1. The molecule has 10 heteroatoms. The van der Waals surface area contributed by atoms with E-state index < -0.39 is 16.1 Å². The number of halogens is 1. The molecular weight excluding hydrogens is 514 g/mol. The number of hydrogen-bond donors (Lipinski definition) is 1. The molecule has 0 spiro atoms. The molecule has 37 heavy (non-hydrogen) atoms. The van der Waals surface area contributed by atoms with Crippen LogP contribution in [0.5, 0.6) is 5.75 Å². The summed E-state index contributed by atoms with van der Waals surface area (Å²) in [7, 11) is -2.14. The Hall–Kier alpha value is -2.78. The van der Waals surface area contributed by atoms with Crippen molar-refractivity contribution in [2.24, 2.45) is 0 Å². The molecule has 0 aliphatic heterocycles. The highest BCUT2D eigenvalue weighted by Gasteiger charge is 2.27. The van der Waals surface area contributed by atoms with Crippen LogP contribution >= 0.6 is 11.6 Å². The third kappa shape index (κ3) is 9.23. The summed E-state index contributed by atoms with van der Waals surface area (Å²) in [6.45, 7) is 6.10. The van der Waals surface area contributed by atoms with Gasteiger partial charge in [-0.3, -0.25) is 13.9 Å². The zero-order valence-electron chi connectivity index (χ0n) is 22.2. The standard InChI is InChI=1S/C27H38ClN3O5S/c1-6-20(2)29-27(33)21(3)30(18-16-22-11-8-7-9-12-22)26(32)13-10-17-31(37(5,34)35)23-14-15-25(36-4)24(28)19-23/h7-9,11-12,14-15,19-21H,6,10,13,16-18H2,1-5H3,(H,29,33)/t20-,21-/m1/s1. The van der Waals surface area contributed by atoms with E-state index >= 15 is 0 Å². The second-order valence-electron chi connectivity index (χ2n) is 9.07. The van der Waals surface area contributed by atoms with E-state index in [1.54, 1.807) is 24.0 Å². The maximum absolute atomic E-state index is 13.3. The molecule has 0 bridgehead atoms. The topological polar surface area (TPSA) is 96.0 Å². The summed E-state index contributed by atoms with van der Waals surface area (Å²) in [5.74, 6) is 0.0260. The molecule has 0 saturated carbocycles. The first-order valence-electron chi connectivity index (χ1n) is 12.4. The molecule has 0 aliphatic rings. The number of sulfonamides is 1. The Kier molecular flexibility index (Phi) is 11.7. The zero-order valence-corrected chi connectivity index (χ0v) is 23.8. The van der Waals surface area contributed by atoms with Crippen LogP contribution in [-0.2, 0) is 26.0 Å². The molecule has 2 amide bonds. The fourth-order valence-corrected chi connectivity index (χ4v) is 5.06. The Bertz CT molecular complexity index is 1140. The van der Waals surface area contributed by atoms with Gasteiger partial charge in [0.2, 0.25) is 21.8 Å². The Morgan fingerprint density at radius 3 is 2.32 bits per heavy atom. The first-order valence-corrected chi connectivity index (χ1v) is 14.7. The number of carbonyl (C=O) groups excluding carboxylic acids is 2. The summed E-state index contributed by atoms with van der Waals surface area (Å²) in [6, 6.07) is 13.8. The van der Waals surface area contributed by atoms with Crippen molar-refractivity contribution in [1.29, 1.82) is 0 Å². The largest absolute Gasteiger partial charge is 0.495 e. The van der Waals surface area contributed by atoms with Gasteiger partial charge in [-0.25, -0.2) is 8.42 Å². The fourth-order valence-electron chi connectivity index (χ4n) is 3.85. The maximum Gasteiger partial charge on any atom is 0.242 e. The van der Waals surface area contributed by atoms with E-state index in [-0.39, 0.29) is 42.3 Å². The number of nitrogens with zero attached hydrogens (tertiary/aromatic N) is 2. The monoisotopic (exact) mass is 551 g/mol. The molecule has 2 atom stereocenters. The Labute approximate surface area is 226 Å². The number of anilines is 1. The van der Waals surface area contributed by atoms with E-state index in [1.807, 2.05) is 44.2 Å². The lowest BCUT2D eigenvalue weighted by atomic mass is 10.1. The normalized spacial score (nSPS) is 12.9. The lowest BCUT2D eigenvalue weighted by Crippen LogP contribution is -2.50. The van der Waals surface area contributed by atoms with Crippen LogP contribution in [0.25, 0.3) is 0 Å². The summed E-state index contributed by atoms with van der Waals surface area (Å²) in [6.07, 6.45) is 2.86. The molecule has 8 nitrogen and oxygen atoms in total. The highest BCUT2D eigenvalue weighted by Crippen LogP contribution is 2.30. The van der Waals surface area contributed by atoms with Crippen LogP contribution < -0.4 is 14.4 Å². The predicted octanol–water partition coefficient (Wildman–Crippen LogP) is 4.27. The molecule has 1 N–H and O–H groups in total. The quantitative estimate of drug-likeness (QED) is 0.378. The second-order valence-corrected chi connectivity index (χ2v) is 11.4. The molecule has 0 fully saturated rings. The predicted molar refractivity (Wildman–Crippen MR) is 149 cm³/mol. The molecule has 0 aromatic heterocycles. The SMILES string of the molecule is CC[C@@H](C)NC(=O)[C@@H](C)N(CCc1ccccc1)C(=O)CCCN(c1ccc(OC)c(Cl)c1)S(C)(=O)=O. The van der Waals surface area contributed by atoms with Crippen LogP contribution in [0.2, 0.25) is 5.02 Å². The van der Waals surface area contributed by atoms with Gasteiger partial charge in [0.15, 0.2) is 0 Å². The van der Waals surface area contributed by atoms with Crippen molar-refractivity contribution in [3.05, 3.63) is 59.1 Å². The number of nitrogens with one attached hydrogen (secondary N) is 1. The molecule has 0 radical (unpaired) electrons. The molecule has 2 aromatic rings. The van der Waals surface area contributed by atoms with Gasteiger partial charge < -0.3 is 15.0 Å². The van der Waals surface area contributed by atoms with Crippen molar-refractivity contribution < 1.29 is 22.7 Å². The number of benzene rings is 2. The van der Waals surface area contributed by atoms with Gasteiger partial charge in [0, 0.05) is 25.6 Å². The maximum atomic E-state index is 13.3. The average molecular weight is 552 g/mol. The molecule has 0 saturated heterocycles. The van der Waals surface area contributed by atoms with Gasteiger partial charge in [-0.2, -0.15) is 0 Å². The van der Waals surface area contributed by atoms with E-state index in [0.29, 0.717) is 24.4 Å². The summed E-state index contributed by atoms with van der Waals surface area (Å²) < 4.78 is 31.4. The first-order chi connectivity index (χ1) is 17.5. The van der Waals surface area contributed by atoms with E-state index in [9.17, 15) is 18.0 Å². The molecule has 0 heterocycles. The third-order valence-corrected chi connectivity index (χ3v) is 7.72. The average Bonchev–Trinajstić information content (AvgIpc) is 2.86. The minimum Gasteiger partial charge on any atom is -0.495 e. The molecule has 204 valence electrons. The molecule has 2 rings (SSSR count). The second kappa shape index (κ2) is 14.2. The summed E-state index contributed by atoms with van der Waals surface area (Å²) >= 11 is 6.20. The van der Waals surface area contributed by atoms with Crippen molar-refractivity contribution >= 4 is 39.1 Å². The van der Waals surface area contributed by atoms with E-state index in [0.717, 1.165) is 18.2 Å². The Morgan fingerprint density at radius 2 is 1.76 bits per heavy atom. The summed E-state index contributed by atoms with van der Waals surface area (Å²) in [5, 5.41) is 3.24. The number of hydrogen-bond acceptors (Lipinski definition) is 5. The van der Waals surface area contributed by atoms with Crippen LogP contribution in [0, 0.1) is 0 Å². The van der Waals surface area contributed by atoms with Crippen molar-refractivity contribution in [1.82, 2.24) is 10.2 Å². The number of carbonyl (C=O) groups is 2. The summed E-state index contributed by atoms with van der Waals surface area (Å²) in [4.78, 5) is 27.7. The first kappa shape index (κ1) is 30.4. The van der Waals surface area contributed by atoms with Gasteiger partial charge in [-0.05, 0) is 56.9 Å². The van der Waals surface area contributed by atoms with Crippen LogP contribution in [-0.4, -0.2) is 63.7 Å². The van der Waals surface area contributed by atoms with Gasteiger partial charge in [0.1, 0.15) is 11.8 Å². The van der Waals surface area contributed by atoms with Gasteiger partial charge >= 0.3 is 0 Å². The van der Waals surface area contributed by atoms with Crippen LogP contribution in [0.1, 0.15) is 45.6 Å². The smallest absolute Gasteiger partial charge is 0.242 e. The highest BCUT2D eigenvalue weighted by molar-refractivity contribution is 7.92. The highest BCUT2D eigenvalue weighted by atomic mass is 35.5. The van der Waals surface area contributed by atoms with Crippen molar-refractivity contribution in [2.75, 3.05) is 30.8 Å². The number of ether oxygens (including phenoxy) is 1. The van der Waals surface area contributed by atoms with Gasteiger partial charge in [-0.15, -0.1) is 0 Å². The lowest BCUT2D eigenvalue weighted by Gasteiger charge is -2.30. The fraction of sp³-hybridized carbons (Fsp3) is 0.481. The van der Waals surface area contributed by atoms with Gasteiger partial charge in [0.05, 0.1) is 24.1 Å². The van der Waals surface area contributed by atoms with Crippen molar-refractivity contribution in [3.63, 3.8) is 0 Å². The third-order valence-electron chi connectivity index (χ3n) is 6.23. The minimum absolute atomic E-state index is 0.000616. The van der Waals surface area contributed by atoms with Crippen LogP contribution in [0.3, 0.4) is 0 Å². The molecule has 2 aromatic carbocycles. The molecule has 0 aliphatic carbocycles. The zero-order chi connectivity index (χ0) is 27.6. The van der Waals surface area contributed by atoms with Crippen LogP contribution in [0.4, 0.5) is 5.69 Å². The summed E-state index contributed by atoms with van der Waals surface area (Å²) in [5.41, 5.74) is 1.46.